The van der Waals surface area contributed by atoms with Gasteiger partial charge >= 0.3 is 0 Å². The highest BCUT2D eigenvalue weighted by atomic mass is 35.5. The minimum Gasteiger partial charge on any atom is -0.456 e. The van der Waals surface area contributed by atoms with E-state index >= 15 is 0 Å². The number of hydrazine groups is 1. The predicted octanol–water partition coefficient (Wildman–Crippen LogP) is 3.37. The summed E-state index contributed by atoms with van der Waals surface area (Å²) in [5, 5.41) is 0.874. The van der Waals surface area contributed by atoms with E-state index in [4.69, 9.17) is 26.3 Å². The molecule has 2 aromatic heterocycles. The number of fused-ring (bicyclic) bond motifs is 1. The maximum Gasteiger partial charge on any atom is 0.198 e. The first kappa shape index (κ1) is 12.2. The molecule has 3 aromatic rings. The smallest absolute Gasteiger partial charge is 0.198 e. The molecule has 0 fully saturated rings. The van der Waals surface area contributed by atoms with Gasteiger partial charge in [-0.15, -0.1) is 0 Å². The van der Waals surface area contributed by atoms with Crippen molar-refractivity contribution in [3.63, 3.8) is 0 Å². The molecule has 0 saturated carbocycles. The second kappa shape index (κ2) is 4.70. The van der Waals surface area contributed by atoms with E-state index in [-0.39, 0.29) is 10.8 Å². The number of nitrogens with two attached hydrogens (primary N) is 1. The lowest BCUT2D eigenvalue weighted by molar-refractivity contribution is 0.461. The van der Waals surface area contributed by atoms with Gasteiger partial charge < -0.3 is 8.83 Å². The van der Waals surface area contributed by atoms with Crippen LogP contribution in [-0.4, -0.2) is 0 Å². The normalized spacial score (nSPS) is 13.0. The van der Waals surface area contributed by atoms with E-state index in [1.807, 2.05) is 0 Å². The number of hydrogen-bond donors (Lipinski definition) is 2. The fourth-order valence-electron chi connectivity index (χ4n) is 2.03. The van der Waals surface area contributed by atoms with Gasteiger partial charge in [-0.05, 0) is 29.8 Å². The van der Waals surface area contributed by atoms with Crippen molar-refractivity contribution in [3.8, 4) is 0 Å². The van der Waals surface area contributed by atoms with Crippen LogP contribution in [0.5, 0.6) is 0 Å². The quantitative estimate of drug-likeness (QED) is 0.570. The second-order valence-electron chi connectivity index (χ2n) is 4.06. The molecule has 0 aliphatic rings. The molecular weight excluding hydrogens is 271 g/mol. The standard InChI is InChI=1S/C13H10ClFN2O2/c14-13-8(4-5-18-13)11(17-16)10-6-7-2-1-3-9(15)12(7)19-10/h1-6,11,17H,16H2. The zero-order chi connectivity index (χ0) is 13.4. The number of hydrogen-bond acceptors (Lipinski definition) is 4. The molecular formula is C13H10ClFN2O2. The lowest BCUT2D eigenvalue weighted by atomic mass is 10.1. The Morgan fingerprint density at radius 2 is 2.16 bits per heavy atom. The summed E-state index contributed by atoms with van der Waals surface area (Å²) in [5.41, 5.74) is 3.40. The third-order valence-electron chi connectivity index (χ3n) is 2.92. The molecule has 98 valence electrons. The van der Waals surface area contributed by atoms with Crippen LogP contribution < -0.4 is 11.3 Å². The third kappa shape index (κ3) is 2.02. The molecule has 0 aliphatic heterocycles. The van der Waals surface area contributed by atoms with Gasteiger partial charge in [0.25, 0.3) is 0 Å². The Balaban J connectivity index is 2.12. The van der Waals surface area contributed by atoms with Crippen LogP contribution in [0.25, 0.3) is 11.0 Å². The number of halogens is 2. The van der Waals surface area contributed by atoms with Gasteiger partial charge in [0.1, 0.15) is 11.8 Å². The first-order valence-electron chi connectivity index (χ1n) is 5.57. The second-order valence-corrected chi connectivity index (χ2v) is 4.40. The van der Waals surface area contributed by atoms with Gasteiger partial charge in [-0.25, -0.2) is 9.82 Å². The van der Waals surface area contributed by atoms with E-state index in [1.54, 1.807) is 24.3 Å². The third-order valence-corrected chi connectivity index (χ3v) is 3.23. The monoisotopic (exact) mass is 280 g/mol. The minimum atomic E-state index is -0.502. The van der Waals surface area contributed by atoms with Gasteiger partial charge in [0, 0.05) is 10.9 Å². The van der Waals surface area contributed by atoms with Crippen molar-refractivity contribution in [2.24, 2.45) is 5.84 Å². The molecule has 19 heavy (non-hydrogen) atoms. The van der Waals surface area contributed by atoms with E-state index in [0.29, 0.717) is 16.7 Å². The van der Waals surface area contributed by atoms with Gasteiger partial charge in [-0.2, -0.15) is 0 Å². The molecule has 4 nitrogen and oxygen atoms in total. The molecule has 1 atom stereocenters. The van der Waals surface area contributed by atoms with E-state index in [1.165, 1.54) is 12.3 Å². The summed E-state index contributed by atoms with van der Waals surface area (Å²) in [5.74, 6) is 5.57. The summed E-state index contributed by atoms with van der Waals surface area (Å²) in [7, 11) is 0. The summed E-state index contributed by atoms with van der Waals surface area (Å²) >= 11 is 5.92. The van der Waals surface area contributed by atoms with Crippen LogP contribution in [0.1, 0.15) is 17.4 Å². The summed E-state index contributed by atoms with van der Waals surface area (Å²) in [6.45, 7) is 0. The number of para-hydroxylation sites is 1. The molecule has 0 amide bonds. The first-order chi connectivity index (χ1) is 9.20. The molecule has 6 heteroatoms. The van der Waals surface area contributed by atoms with Crippen LogP contribution in [0.15, 0.2) is 45.4 Å². The van der Waals surface area contributed by atoms with Crippen molar-refractivity contribution in [1.82, 2.24) is 5.43 Å². The highest BCUT2D eigenvalue weighted by molar-refractivity contribution is 6.29. The molecule has 0 bridgehead atoms. The summed E-state index contributed by atoms with van der Waals surface area (Å²) < 4.78 is 24.1. The Morgan fingerprint density at radius 1 is 1.32 bits per heavy atom. The molecule has 0 saturated heterocycles. The lowest BCUT2D eigenvalue weighted by Crippen LogP contribution is -2.28. The Labute approximate surface area is 112 Å². The molecule has 3 rings (SSSR count). The Bertz CT molecular complexity index is 722. The van der Waals surface area contributed by atoms with Crippen LogP contribution in [0.4, 0.5) is 4.39 Å². The van der Waals surface area contributed by atoms with Crippen molar-refractivity contribution in [1.29, 1.82) is 0 Å². The zero-order valence-corrected chi connectivity index (χ0v) is 10.4. The highest BCUT2D eigenvalue weighted by Gasteiger charge is 2.22. The van der Waals surface area contributed by atoms with E-state index in [9.17, 15) is 4.39 Å². The van der Waals surface area contributed by atoms with Crippen LogP contribution >= 0.6 is 11.6 Å². The highest BCUT2D eigenvalue weighted by Crippen LogP contribution is 2.32. The topological polar surface area (TPSA) is 64.3 Å². The van der Waals surface area contributed by atoms with Gasteiger partial charge in [-0.1, -0.05) is 12.1 Å². The van der Waals surface area contributed by atoms with Crippen molar-refractivity contribution < 1.29 is 13.2 Å². The number of rotatable bonds is 3. The summed E-state index contributed by atoms with van der Waals surface area (Å²) in [4.78, 5) is 0. The SMILES string of the molecule is NNC(c1cc2cccc(F)c2o1)c1ccoc1Cl. The summed E-state index contributed by atoms with van der Waals surface area (Å²) in [6.07, 6.45) is 1.45. The average molecular weight is 281 g/mol. The van der Waals surface area contributed by atoms with Gasteiger partial charge in [0.2, 0.25) is 0 Å². The summed E-state index contributed by atoms with van der Waals surface area (Å²) in [6, 6.07) is 7.61. The molecule has 0 spiro atoms. The fraction of sp³-hybridized carbons (Fsp3) is 0.0769. The van der Waals surface area contributed by atoms with Crippen molar-refractivity contribution >= 4 is 22.6 Å². The first-order valence-corrected chi connectivity index (χ1v) is 5.95. The number of furan rings is 2. The number of benzene rings is 1. The van der Waals surface area contributed by atoms with Crippen molar-refractivity contribution in [2.45, 2.75) is 6.04 Å². The van der Waals surface area contributed by atoms with Gasteiger partial charge in [-0.3, -0.25) is 5.84 Å². The largest absolute Gasteiger partial charge is 0.456 e. The zero-order valence-electron chi connectivity index (χ0n) is 9.69. The Morgan fingerprint density at radius 3 is 2.79 bits per heavy atom. The van der Waals surface area contributed by atoms with Crippen LogP contribution in [0, 0.1) is 5.82 Å². The van der Waals surface area contributed by atoms with Gasteiger partial charge in [0.05, 0.1) is 6.26 Å². The molecule has 1 aromatic carbocycles. The van der Waals surface area contributed by atoms with E-state index in [2.05, 4.69) is 5.43 Å². The molecule has 0 radical (unpaired) electrons. The Hall–Kier alpha value is -1.82. The maximum atomic E-state index is 13.6. The molecule has 2 heterocycles. The molecule has 1 unspecified atom stereocenters. The van der Waals surface area contributed by atoms with Crippen LogP contribution in [0.2, 0.25) is 5.22 Å². The lowest BCUT2D eigenvalue weighted by Gasteiger charge is -2.11. The Kier molecular flexibility index (Phi) is 3.02. The predicted molar refractivity (Wildman–Crippen MR) is 69.1 cm³/mol. The van der Waals surface area contributed by atoms with E-state index < -0.39 is 11.9 Å². The average Bonchev–Trinajstić information content (AvgIpc) is 2.99. The van der Waals surface area contributed by atoms with Gasteiger partial charge in [0.15, 0.2) is 16.6 Å². The van der Waals surface area contributed by atoms with Crippen LogP contribution in [-0.2, 0) is 0 Å². The van der Waals surface area contributed by atoms with Crippen molar-refractivity contribution in [3.05, 3.63) is 59.0 Å². The maximum absolute atomic E-state index is 13.6. The van der Waals surface area contributed by atoms with Crippen LogP contribution in [0.3, 0.4) is 0 Å². The van der Waals surface area contributed by atoms with Crippen molar-refractivity contribution in [2.75, 3.05) is 0 Å². The molecule has 3 N–H and O–H groups in total. The minimum absolute atomic E-state index is 0.192. The number of nitrogens with one attached hydrogen (secondary N) is 1. The van der Waals surface area contributed by atoms with E-state index in [0.717, 1.165) is 0 Å². The molecule has 0 aliphatic carbocycles. The fourth-order valence-corrected chi connectivity index (χ4v) is 2.25.